The molecule has 5 rings (SSSR count). The van der Waals surface area contributed by atoms with Crippen molar-refractivity contribution in [3.8, 4) is 0 Å². The maximum Gasteiger partial charge on any atom is 0.245 e. The van der Waals surface area contributed by atoms with E-state index in [0.29, 0.717) is 18.9 Å². The third-order valence-electron chi connectivity index (χ3n) is 8.27. The Morgan fingerprint density at radius 3 is 2.20 bits per heavy atom. The summed E-state index contributed by atoms with van der Waals surface area (Å²) in [6, 6.07) is 20.3. The molecule has 0 aliphatic carbocycles. The van der Waals surface area contributed by atoms with E-state index < -0.39 is 6.04 Å². The molecule has 0 saturated carbocycles. The van der Waals surface area contributed by atoms with E-state index in [1.165, 1.54) is 11.1 Å². The van der Waals surface area contributed by atoms with Gasteiger partial charge in [-0.2, -0.15) is 0 Å². The number of nitrogens with two attached hydrogens (primary N) is 1. The highest BCUT2D eigenvalue weighted by Gasteiger charge is 2.45. The van der Waals surface area contributed by atoms with Gasteiger partial charge in [-0.25, -0.2) is 0 Å². The molecule has 6 nitrogen and oxygen atoms in total. The van der Waals surface area contributed by atoms with Crippen LogP contribution in [0.3, 0.4) is 0 Å². The van der Waals surface area contributed by atoms with Gasteiger partial charge in [0.25, 0.3) is 0 Å². The van der Waals surface area contributed by atoms with E-state index in [1.54, 1.807) is 0 Å². The largest absolute Gasteiger partial charge is 0.340 e. The van der Waals surface area contributed by atoms with Crippen molar-refractivity contribution in [2.24, 2.45) is 5.73 Å². The number of likely N-dealkylation sites (tertiary alicyclic amines) is 2. The first-order chi connectivity index (χ1) is 17.0. The fourth-order valence-electron chi connectivity index (χ4n) is 6.23. The highest BCUT2D eigenvalue weighted by atomic mass is 16.2. The fourth-order valence-corrected chi connectivity index (χ4v) is 6.23. The molecule has 2 amide bonds. The van der Waals surface area contributed by atoms with E-state index in [-0.39, 0.29) is 35.9 Å². The van der Waals surface area contributed by atoms with Crippen LogP contribution in [0.4, 0.5) is 0 Å². The number of piperidine rings is 1. The van der Waals surface area contributed by atoms with Gasteiger partial charge in [0.15, 0.2) is 0 Å². The van der Waals surface area contributed by atoms with Crippen LogP contribution in [0.5, 0.6) is 0 Å². The van der Waals surface area contributed by atoms with Crippen molar-refractivity contribution in [3.05, 3.63) is 71.8 Å². The van der Waals surface area contributed by atoms with Crippen LogP contribution in [0.2, 0.25) is 0 Å². The molecule has 0 spiro atoms. The number of benzene rings is 2. The molecule has 2 unspecified atom stereocenters. The predicted molar refractivity (Wildman–Crippen MR) is 138 cm³/mol. The summed E-state index contributed by atoms with van der Waals surface area (Å²) >= 11 is 0. The van der Waals surface area contributed by atoms with Gasteiger partial charge in [0.1, 0.15) is 6.04 Å². The molecule has 0 bridgehead atoms. The van der Waals surface area contributed by atoms with Gasteiger partial charge >= 0.3 is 0 Å². The molecule has 6 atom stereocenters. The van der Waals surface area contributed by atoms with E-state index >= 15 is 0 Å². The van der Waals surface area contributed by atoms with Gasteiger partial charge in [-0.05, 0) is 50.2 Å². The SMILES string of the molecule is CC(N)[C@@H]1CCCC(C(=O)N2C[C@@H](c3ccccc3)C[C@H]2C(=O)N2CC[C@H](c3ccccc3)C2)N1. The van der Waals surface area contributed by atoms with Crippen LogP contribution in [0.15, 0.2) is 60.7 Å². The summed E-state index contributed by atoms with van der Waals surface area (Å²) in [5.74, 6) is 0.706. The minimum atomic E-state index is -0.403. The van der Waals surface area contributed by atoms with Crippen LogP contribution in [0.1, 0.15) is 62.0 Å². The first-order valence-electron chi connectivity index (χ1n) is 13.2. The molecule has 35 heavy (non-hydrogen) atoms. The number of rotatable bonds is 5. The standard InChI is InChI=1S/C29H38N4O2/c1-20(30)25-13-8-14-26(31-25)28(34)33-19-24(22-11-6-3-7-12-22)17-27(33)29(35)32-16-15-23(18-32)21-9-4-2-5-10-21/h2-7,9-12,20,23-27,31H,8,13-19,30H2,1H3/t20?,23-,24-,25-,26?,27-/m0/s1. The van der Waals surface area contributed by atoms with Crippen molar-refractivity contribution in [3.63, 3.8) is 0 Å². The molecule has 6 heteroatoms. The van der Waals surface area contributed by atoms with Crippen LogP contribution >= 0.6 is 0 Å². The second-order valence-corrected chi connectivity index (χ2v) is 10.6. The Kier molecular flexibility index (Phi) is 7.21. The minimum Gasteiger partial charge on any atom is -0.340 e. The summed E-state index contributed by atoms with van der Waals surface area (Å²) in [6.45, 7) is 4.07. The van der Waals surface area contributed by atoms with Crippen molar-refractivity contribution in [2.75, 3.05) is 19.6 Å². The average molecular weight is 475 g/mol. The maximum atomic E-state index is 13.9. The van der Waals surface area contributed by atoms with Crippen LogP contribution in [-0.4, -0.2) is 65.4 Å². The van der Waals surface area contributed by atoms with Gasteiger partial charge < -0.3 is 20.9 Å². The first kappa shape index (κ1) is 24.0. The van der Waals surface area contributed by atoms with Crippen molar-refractivity contribution in [1.29, 1.82) is 0 Å². The Labute approximate surface area is 208 Å². The lowest BCUT2D eigenvalue weighted by molar-refractivity contribution is -0.144. The van der Waals surface area contributed by atoms with Crippen molar-refractivity contribution < 1.29 is 9.59 Å². The molecular weight excluding hydrogens is 436 g/mol. The topological polar surface area (TPSA) is 78.7 Å². The number of nitrogens with one attached hydrogen (secondary N) is 1. The molecule has 3 N–H and O–H groups in total. The van der Waals surface area contributed by atoms with Crippen molar-refractivity contribution in [2.45, 2.75) is 75.0 Å². The zero-order valence-electron chi connectivity index (χ0n) is 20.7. The van der Waals surface area contributed by atoms with Crippen molar-refractivity contribution in [1.82, 2.24) is 15.1 Å². The van der Waals surface area contributed by atoms with Crippen molar-refractivity contribution >= 4 is 11.8 Å². The summed E-state index contributed by atoms with van der Waals surface area (Å²) in [6.07, 6.45) is 4.43. The number of carbonyl (C=O) groups is 2. The Hall–Kier alpha value is -2.70. The molecule has 0 radical (unpaired) electrons. The second-order valence-electron chi connectivity index (χ2n) is 10.6. The molecule has 3 aliphatic heterocycles. The molecule has 3 heterocycles. The summed E-state index contributed by atoms with van der Waals surface area (Å²) in [5, 5.41) is 3.50. The third-order valence-corrected chi connectivity index (χ3v) is 8.27. The van der Waals surface area contributed by atoms with Gasteiger partial charge in [0.05, 0.1) is 6.04 Å². The average Bonchev–Trinajstić information content (AvgIpc) is 3.57. The van der Waals surface area contributed by atoms with Gasteiger partial charge in [-0.15, -0.1) is 0 Å². The third kappa shape index (κ3) is 5.14. The lowest BCUT2D eigenvalue weighted by atomic mass is 9.94. The normalized spacial score (nSPS) is 29.8. The quantitative estimate of drug-likeness (QED) is 0.697. The molecule has 2 aromatic rings. The van der Waals surface area contributed by atoms with E-state index in [4.69, 9.17) is 5.73 Å². The van der Waals surface area contributed by atoms with E-state index in [1.807, 2.05) is 41.0 Å². The summed E-state index contributed by atoms with van der Waals surface area (Å²) < 4.78 is 0. The molecular formula is C29H38N4O2. The second kappa shape index (κ2) is 10.5. The number of carbonyl (C=O) groups excluding carboxylic acids is 2. The predicted octanol–water partition coefficient (Wildman–Crippen LogP) is 3.25. The number of amides is 2. The highest BCUT2D eigenvalue weighted by molar-refractivity contribution is 5.91. The zero-order valence-corrected chi connectivity index (χ0v) is 20.7. The number of hydrogen-bond donors (Lipinski definition) is 2. The van der Waals surface area contributed by atoms with Gasteiger partial charge in [0.2, 0.25) is 11.8 Å². The molecule has 0 aromatic heterocycles. The Morgan fingerprint density at radius 1 is 0.886 bits per heavy atom. The molecule has 3 fully saturated rings. The summed E-state index contributed by atoms with van der Waals surface area (Å²) in [7, 11) is 0. The van der Waals surface area contributed by atoms with Crippen LogP contribution in [0.25, 0.3) is 0 Å². The Morgan fingerprint density at radius 2 is 1.54 bits per heavy atom. The van der Waals surface area contributed by atoms with Crippen LogP contribution in [-0.2, 0) is 9.59 Å². The van der Waals surface area contributed by atoms with E-state index in [9.17, 15) is 9.59 Å². The first-order valence-corrected chi connectivity index (χ1v) is 13.2. The zero-order chi connectivity index (χ0) is 24.4. The lowest BCUT2D eigenvalue weighted by Gasteiger charge is -2.36. The monoisotopic (exact) mass is 474 g/mol. The Balaban J connectivity index is 1.34. The number of nitrogens with zero attached hydrogens (tertiary/aromatic N) is 2. The molecule has 3 saturated heterocycles. The number of hydrogen-bond acceptors (Lipinski definition) is 4. The highest BCUT2D eigenvalue weighted by Crippen LogP contribution is 2.36. The van der Waals surface area contributed by atoms with Gasteiger partial charge in [-0.3, -0.25) is 9.59 Å². The lowest BCUT2D eigenvalue weighted by Crippen LogP contribution is -2.58. The minimum absolute atomic E-state index is 0.00167. The van der Waals surface area contributed by atoms with E-state index in [0.717, 1.165) is 38.8 Å². The summed E-state index contributed by atoms with van der Waals surface area (Å²) in [5.41, 5.74) is 8.64. The smallest absolute Gasteiger partial charge is 0.245 e. The maximum absolute atomic E-state index is 13.9. The fraction of sp³-hybridized carbons (Fsp3) is 0.517. The van der Waals surface area contributed by atoms with Crippen LogP contribution < -0.4 is 11.1 Å². The molecule has 2 aromatic carbocycles. The van der Waals surface area contributed by atoms with Gasteiger partial charge in [-0.1, -0.05) is 60.7 Å². The van der Waals surface area contributed by atoms with Crippen LogP contribution in [0, 0.1) is 0 Å². The molecule has 3 aliphatic rings. The molecule has 186 valence electrons. The van der Waals surface area contributed by atoms with Gasteiger partial charge in [0, 0.05) is 43.6 Å². The summed E-state index contributed by atoms with van der Waals surface area (Å²) in [4.78, 5) is 31.6. The Bertz CT molecular complexity index is 1010. The van der Waals surface area contributed by atoms with E-state index in [2.05, 4.69) is 41.7 Å².